The van der Waals surface area contributed by atoms with E-state index in [1.807, 2.05) is 0 Å². The summed E-state index contributed by atoms with van der Waals surface area (Å²) in [6.45, 7) is 8.89. The van der Waals surface area contributed by atoms with E-state index >= 15 is 0 Å². The Labute approximate surface area is 106 Å². The summed E-state index contributed by atoms with van der Waals surface area (Å²) in [6, 6.07) is 0. The third kappa shape index (κ3) is 3.29. The molecule has 1 fully saturated rings. The van der Waals surface area contributed by atoms with Crippen molar-refractivity contribution in [2.45, 2.75) is 57.2 Å². The predicted octanol–water partition coefficient (Wildman–Crippen LogP) is 2.18. The van der Waals surface area contributed by atoms with Gasteiger partial charge in [-0.25, -0.2) is 0 Å². The number of nitrogens with one attached hydrogen (secondary N) is 1. The first-order chi connectivity index (χ1) is 7.70. The van der Waals surface area contributed by atoms with E-state index in [4.69, 9.17) is 13.3 Å². The third-order valence-corrected chi connectivity index (χ3v) is 6.66. The molecular formula is C12H27NO3Si. The molecule has 0 atom stereocenters. The molecule has 1 N–H and O–H groups in total. The molecule has 4 nitrogen and oxygen atoms in total. The Bertz CT molecular complexity index is 240. The summed E-state index contributed by atoms with van der Waals surface area (Å²) in [6.07, 6.45) is 2.02. The molecule has 1 aliphatic heterocycles. The van der Waals surface area contributed by atoms with Crippen molar-refractivity contribution in [3.63, 3.8) is 0 Å². The Morgan fingerprint density at radius 1 is 0.882 bits per heavy atom. The zero-order chi connectivity index (χ0) is 13.3. The Balaban J connectivity index is 2.96. The van der Waals surface area contributed by atoms with Gasteiger partial charge in [0, 0.05) is 37.9 Å². The van der Waals surface area contributed by atoms with Gasteiger partial charge in [0.05, 0.1) is 0 Å². The van der Waals surface area contributed by atoms with Crippen LogP contribution >= 0.6 is 0 Å². The minimum atomic E-state index is -2.53. The normalized spacial score (nSPS) is 24.9. The summed E-state index contributed by atoms with van der Waals surface area (Å²) in [5, 5.41) is 3.66. The molecule has 1 rings (SSSR count). The SMILES string of the molecule is CO[Si](OC)(OC)C1CC(C)(C)NC(C)(C)C1. The Kier molecular flexibility index (Phi) is 4.42. The fraction of sp³-hybridized carbons (Fsp3) is 1.00. The van der Waals surface area contributed by atoms with Gasteiger partial charge in [-0.15, -0.1) is 0 Å². The van der Waals surface area contributed by atoms with Crippen LogP contribution in [0, 0.1) is 0 Å². The van der Waals surface area contributed by atoms with Gasteiger partial charge in [-0.2, -0.15) is 0 Å². The lowest BCUT2D eigenvalue weighted by molar-refractivity contribution is 0.0782. The summed E-state index contributed by atoms with van der Waals surface area (Å²) in [4.78, 5) is 0. The van der Waals surface area contributed by atoms with E-state index in [0.29, 0.717) is 5.54 Å². The molecule has 17 heavy (non-hydrogen) atoms. The molecule has 0 radical (unpaired) electrons. The van der Waals surface area contributed by atoms with Crippen molar-refractivity contribution in [2.75, 3.05) is 21.3 Å². The molecular weight excluding hydrogens is 234 g/mol. The highest BCUT2D eigenvalue weighted by atomic mass is 28.4. The van der Waals surface area contributed by atoms with Crippen LogP contribution in [-0.4, -0.2) is 41.2 Å². The second kappa shape index (κ2) is 4.97. The topological polar surface area (TPSA) is 39.7 Å². The maximum absolute atomic E-state index is 5.63. The van der Waals surface area contributed by atoms with E-state index in [2.05, 4.69) is 33.0 Å². The van der Waals surface area contributed by atoms with Crippen molar-refractivity contribution < 1.29 is 13.3 Å². The van der Waals surface area contributed by atoms with Gasteiger partial charge in [0.2, 0.25) is 0 Å². The van der Waals surface area contributed by atoms with Gasteiger partial charge in [0.1, 0.15) is 0 Å². The van der Waals surface area contributed by atoms with Gasteiger partial charge in [-0.3, -0.25) is 0 Å². The molecule has 0 aromatic rings. The van der Waals surface area contributed by atoms with E-state index in [-0.39, 0.29) is 11.1 Å². The molecule has 0 aromatic heterocycles. The van der Waals surface area contributed by atoms with Crippen LogP contribution < -0.4 is 5.32 Å². The standard InChI is InChI=1S/C12H27NO3Si/c1-11(2)8-10(9-12(3,4)13-11)17(14-5,15-6)16-7/h10,13H,8-9H2,1-7H3. The molecule has 0 aromatic carbocycles. The van der Waals surface area contributed by atoms with Crippen LogP contribution in [0.15, 0.2) is 0 Å². The van der Waals surface area contributed by atoms with E-state index < -0.39 is 8.80 Å². The van der Waals surface area contributed by atoms with E-state index in [1.54, 1.807) is 21.3 Å². The fourth-order valence-corrected chi connectivity index (χ4v) is 6.34. The average molecular weight is 261 g/mol. The first-order valence-corrected chi connectivity index (χ1v) is 7.95. The van der Waals surface area contributed by atoms with Crippen molar-refractivity contribution in [3.05, 3.63) is 0 Å². The van der Waals surface area contributed by atoms with Crippen LogP contribution in [0.3, 0.4) is 0 Å². The zero-order valence-electron chi connectivity index (χ0n) is 12.2. The highest BCUT2D eigenvalue weighted by Gasteiger charge is 2.53. The van der Waals surface area contributed by atoms with Crippen molar-refractivity contribution in [3.8, 4) is 0 Å². The van der Waals surface area contributed by atoms with Crippen LogP contribution in [0.5, 0.6) is 0 Å². The summed E-state index contributed by atoms with van der Waals surface area (Å²) < 4.78 is 16.9. The lowest BCUT2D eigenvalue weighted by atomic mass is 9.82. The fourth-order valence-electron chi connectivity index (χ4n) is 3.32. The predicted molar refractivity (Wildman–Crippen MR) is 71.1 cm³/mol. The van der Waals surface area contributed by atoms with Gasteiger partial charge in [0.25, 0.3) is 0 Å². The first-order valence-electron chi connectivity index (χ1n) is 6.15. The van der Waals surface area contributed by atoms with Crippen molar-refractivity contribution >= 4 is 8.80 Å². The summed E-state index contributed by atoms with van der Waals surface area (Å²) in [7, 11) is 2.55. The number of hydrogen-bond acceptors (Lipinski definition) is 4. The van der Waals surface area contributed by atoms with Gasteiger partial charge in [-0.05, 0) is 40.5 Å². The lowest BCUT2D eigenvalue weighted by Gasteiger charge is -2.49. The first kappa shape index (κ1) is 15.1. The van der Waals surface area contributed by atoms with Crippen LogP contribution in [-0.2, 0) is 13.3 Å². The van der Waals surface area contributed by atoms with Gasteiger partial charge < -0.3 is 18.6 Å². The van der Waals surface area contributed by atoms with Crippen molar-refractivity contribution in [1.29, 1.82) is 0 Å². The zero-order valence-corrected chi connectivity index (χ0v) is 13.2. The molecule has 0 aliphatic carbocycles. The van der Waals surface area contributed by atoms with Crippen LogP contribution in [0.1, 0.15) is 40.5 Å². The van der Waals surface area contributed by atoms with Gasteiger partial charge in [-0.1, -0.05) is 0 Å². The summed E-state index contributed by atoms with van der Waals surface area (Å²) in [5.41, 5.74) is 0.509. The number of rotatable bonds is 4. The highest BCUT2D eigenvalue weighted by Crippen LogP contribution is 2.42. The minimum Gasteiger partial charge on any atom is -0.377 e. The highest BCUT2D eigenvalue weighted by molar-refractivity contribution is 6.62. The van der Waals surface area contributed by atoms with Gasteiger partial charge in [0.15, 0.2) is 0 Å². The van der Waals surface area contributed by atoms with E-state index in [9.17, 15) is 0 Å². The Morgan fingerprint density at radius 2 is 1.24 bits per heavy atom. The Hall–Kier alpha value is 0.0569. The molecule has 1 heterocycles. The maximum atomic E-state index is 5.63. The maximum Gasteiger partial charge on any atom is 0.503 e. The van der Waals surface area contributed by atoms with Gasteiger partial charge >= 0.3 is 8.80 Å². The summed E-state index contributed by atoms with van der Waals surface area (Å²) >= 11 is 0. The number of hydrogen-bond donors (Lipinski definition) is 1. The molecule has 1 aliphatic rings. The lowest BCUT2D eigenvalue weighted by Crippen LogP contribution is -2.62. The van der Waals surface area contributed by atoms with E-state index in [0.717, 1.165) is 12.8 Å². The summed E-state index contributed by atoms with van der Waals surface area (Å²) in [5.74, 6) is 0. The second-order valence-corrected chi connectivity index (χ2v) is 9.46. The molecule has 0 saturated carbocycles. The smallest absolute Gasteiger partial charge is 0.377 e. The molecule has 0 bridgehead atoms. The molecule has 0 amide bonds. The Morgan fingerprint density at radius 3 is 1.53 bits per heavy atom. The van der Waals surface area contributed by atoms with Crippen LogP contribution in [0.4, 0.5) is 0 Å². The minimum absolute atomic E-state index is 0.0836. The molecule has 1 saturated heterocycles. The molecule has 102 valence electrons. The second-order valence-electron chi connectivity index (χ2n) is 6.21. The largest absolute Gasteiger partial charge is 0.503 e. The van der Waals surface area contributed by atoms with Crippen LogP contribution in [0.25, 0.3) is 0 Å². The van der Waals surface area contributed by atoms with E-state index in [1.165, 1.54) is 0 Å². The molecule has 5 heteroatoms. The average Bonchev–Trinajstić information content (AvgIpc) is 2.16. The molecule has 0 spiro atoms. The monoisotopic (exact) mass is 261 g/mol. The third-order valence-electron chi connectivity index (χ3n) is 3.54. The van der Waals surface area contributed by atoms with Crippen molar-refractivity contribution in [2.24, 2.45) is 0 Å². The van der Waals surface area contributed by atoms with Crippen molar-refractivity contribution in [1.82, 2.24) is 5.32 Å². The molecule has 0 unspecified atom stereocenters. The quantitative estimate of drug-likeness (QED) is 0.787. The number of piperidine rings is 1. The van der Waals surface area contributed by atoms with Crippen LogP contribution in [0.2, 0.25) is 5.54 Å².